The molecule has 14 heavy (non-hydrogen) atoms. The smallest absolute Gasteiger partial charge is 0.00698 e. The molecule has 1 nitrogen and oxygen atoms in total. The molecule has 1 saturated heterocycles. The zero-order valence-corrected chi connectivity index (χ0v) is 9.17. The Morgan fingerprint density at radius 1 is 1.00 bits per heavy atom. The van der Waals surface area contributed by atoms with Gasteiger partial charge in [0.15, 0.2) is 0 Å². The number of fused-ring (bicyclic) bond motifs is 2. The predicted molar refractivity (Wildman–Crippen MR) is 59.2 cm³/mol. The van der Waals surface area contributed by atoms with Gasteiger partial charge in [0.05, 0.1) is 0 Å². The van der Waals surface area contributed by atoms with Crippen molar-refractivity contribution in [3.63, 3.8) is 0 Å². The molecule has 1 aliphatic heterocycles. The lowest BCUT2D eigenvalue weighted by molar-refractivity contribution is 0.256. The van der Waals surface area contributed by atoms with Crippen LogP contribution in [0.15, 0.2) is 0 Å². The van der Waals surface area contributed by atoms with E-state index in [1.165, 1.54) is 32.2 Å². The van der Waals surface area contributed by atoms with Crippen molar-refractivity contribution < 1.29 is 0 Å². The number of hydrogen-bond donors (Lipinski definition) is 1. The summed E-state index contributed by atoms with van der Waals surface area (Å²) in [4.78, 5) is 0. The summed E-state index contributed by atoms with van der Waals surface area (Å²) in [6.07, 6.45) is 12.1. The van der Waals surface area contributed by atoms with Gasteiger partial charge in [-0.25, -0.2) is 0 Å². The SMILES string of the molecule is C1CCC(CC2CC3CCC2C3)NC1. The summed E-state index contributed by atoms with van der Waals surface area (Å²) in [5.74, 6) is 3.36. The molecule has 4 atom stereocenters. The van der Waals surface area contributed by atoms with E-state index in [0.29, 0.717) is 0 Å². The van der Waals surface area contributed by atoms with Gasteiger partial charge in [-0.2, -0.15) is 0 Å². The topological polar surface area (TPSA) is 12.0 Å². The Bertz CT molecular complexity index is 195. The Kier molecular flexibility index (Phi) is 2.53. The maximum absolute atomic E-state index is 3.71. The van der Waals surface area contributed by atoms with Gasteiger partial charge in [-0.15, -0.1) is 0 Å². The first-order valence-electron chi connectivity index (χ1n) is 6.65. The average Bonchev–Trinajstić information content (AvgIpc) is 2.81. The lowest BCUT2D eigenvalue weighted by Gasteiger charge is -2.29. The normalized spacial score (nSPS) is 47.1. The van der Waals surface area contributed by atoms with Crippen LogP contribution >= 0.6 is 0 Å². The fourth-order valence-electron chi connectivity index (χ4n) is 4.16. The summed E-state index contributed by atoms with van der Waals surface area (Å²) >= 11 is 0. The van der Waals surface area contributed by atoms with Gasteiger partial charge in [0.2, 0.25) is 0 Å². The van der Waals surface area contributed by atoms with Crippen molar-refractivity contribution in [2.24, 2.45) is 17.8 Å². The molecule has 3 rings (SSSR count). The maximum Gasteiger partial charge on any atom is 0.00698 e. The first-order chi connectivity index (χ1) is 6.92. The highest BCUT2D eigenvalue weighted by Gasteiger charge is 2.40. The second-order valence-corrected chi connectivity index (χ2v) is 5.82. The quantitative estimate of drug-likeness (QED) is 0.711. The van der Waals surface area contributed by atoms with Gasteiger partial charge in [0.25, 0.3) is 0 Å². The Labute approximate surface area is 87.7 Å². The van der Waals surface area contributed by atoms with Crippen LogP contribution in [0.25, 0.3) is 0 Å². The summed E-state index contributed by atoms with van der Waals surface area (Å²) in [6, 6.07) is 0.882. The minimum atomic E-state index is 0.882. The minimum absolute atomic E-state index is 0.882. The van der Waals surface area contributed by atoms with E-state index >= 15 is 0 Å². The molecule has 1 N–H and O–H groups in total. The van der Waals surface area contributed by atoms with Gasteiger partial charge in [0.1, 0.15) is 0 Å². The summed E-state index contributed by atoms with van der Waals surface area (Å²) in [7, 11) is 0. The van der Waals surface area contributed by atoms with Crippen LogP contribution < -0.4 is 5.32 Å². The van der Waals surface area contributed by atoms with Crippen LogP contribution in [0, 0.1) is 17.8 Å². The van der Waals surface area contributed by atoms with Crippen LogP contribution in [0.5, 0.6) is 0 Å². The Balaban J connectivity index is 1.52. The molecule has 1 heterocycles. The number of nitrogens with one attached hydrogen (secondary N) is 1. The molecule has 3 aliphatic rings. The average molecular weight is 193 g/mol. The molecular formula is C13H23N. The van der Waals surface area contributed by atoms with Gasteiger partial charge in [-0.05, 0) is 62.8 Å². The highest BCUT2D eigenvalue weighted by molar-refractivity contribution is 4.92. The second kappa shape index (κ2) is 3.84. The number of rotatable bonds is 2. The van der Waals surface area contributed by atoms with Gasteiger partial charge < -0.3 is 5.32 Å². The van der Waals surface area contributed by atoms with Crippen molar-refractivity contribution in [2.45, 2.75) is 57.4 Å². The molecule has 0 aromatic rings. The first-order valence-corrected chi connectivity index (χ1v) is 6.65. The van der Waals surface area contributed by atoms with Crippen LogP contribution in [0.3, 0.4) is 0 Å². The van der Waals surface area contributed by atoms with Crippen molar-refractivity contribution in [3.8, 4) is 0 Å². The third kappa shape index (κ3) is 1.71. The molecule has 0 amide bonds. The Morgan fingerprint density at radius 3 is 2.64 bits per heavy atom. The zero-order valence-electron chi connectivity index (χ0n) is 9.17. The lowest BCUT2D eigenvalue weighted by Crippen LogP contribution is -2.36. The molecule has 0 aromatic carbocycles. The molecule has 0 spiro atoms. The number of piperidine rings is 1. The van der Waals surface area contributed by atoms with Crippen LogP contribution in [0.1, 0.15) is 51.4 Å². The number of hydrogen-bond acceptors (Lipinski definition) is 1. The molecule has 0 aromatic heterocycles. The van der Waals surface area contributed by atoms with E-state index in [1.807, 2.05) is 0 Å². The maximum atomic E-state index is 3.71. The molecular weight excluding hydrogens is 170 g/mol. The molecule has 1 heteroatoms. The van der Waals surface area contributed by atoms with Crippen LogP contribution in [-0.2, 0) is 0 Å². The van der Waals surface area contributed by atoms with Gasteiger partial charge in [-0.3, -0.25) is 0 Å². The van der Waals surface area contributed by atoms with Gasteiger partial charge in [0, 0.05) is 6.04 Å². The molecule has 2 bridgehead atoms. The van der Waals surface area contributed by atoms with Gasteiger partial charge in [-0.1, -0.05) is 12.8 Å². The lowest BCUT2D eigenvalue weighted by atomic mass is 9.82. The molecule has 4 unspecified atom stereocenters. The molecule has 2 aliphatic carbocycles. The van der Waals surface area contributed by atoms with Crippen LogP contribution in [-0.4, -0.2) is 12.6 Å². The van der Waals surface area contributed by atoms with Crippen LogP contribution in [0.4, 0.5) is 0 Å². The zero-order chi connectivity index (χ0) is 9.38. The Hall–Kier alpha value is -0.0400. The van der Waals surface area contributed by atoms with E-state index in [0.717, 1.165) is 23.8 Å². The third-order valence-corrected chi connectivity index (χ3v) is 4.88. The monoisotopic (exact) mass is 193 g/mol. The first kappa shape index (κ1) is 9.21. The molecule has 80 valence electrons. The predicted octanol–water partition coefficient (Wildman–Crippen LogP) is 2.95. The second-order valence-electron chi connectivity index (χ2n) is 5.82. The fourth-order valence-corrected chi connectivity index (χ4v) is 4.16. The fraction of sp³-hybridized carbons (Fsp3) is 1.00. The van der Waals surface area contributed by atoms with E-state index in [1.54, 1.807) is 25.7 Å². The standard InChI is InChI=1S/C13H23N/c1-2-6-14-13(3-1)9-12-8-10-4-5-11(12)7-10/h10-14H,1-9H2. The van der Waals surface area contributed by atoms with E-state index < -0.39 is 0 Å². The summed E-state index contributed by atoms with van der Waals surface area (Å²) < 4.78 is 0. The van der Waals surface area contributed by atoms with E-state index in [9.17, 15) is 0 Å². The highest BCUT2D eigenvalue weighted by Crippen LogP contribution is 2.50. The Morgan fingerprint density at radius 2 is 2.00 bits per heavy atom. The van der Waals surface area contributed by atoms with E-state index in [2.05, 4.69) is 5.32 Å². The molecule has 3 fully saturated rings. The summed E-state index contributed by atoms with van der Waals surface area (Å²) in [5.41, 5.74) is 0. The van der Waals surface area contributed by atoms with Crippen molar-refractivity contribution in [1.82, 2.24) is 5.32 Å². The third-order valence-electron chi connectivity index (χ3n) is 4.88. The van der Waals surface area contributed by atoms with E-state index in [-0.39, 0.29) is 0 Å². The largest absolute Gasteiger partial charge is 0.314 e. The van der Waals surface area contributed by atoms with Crippen molar-refractivity contribution in [1.29, 1.82) is 0 Å². The minimum Gasteiger partial charge on any atom is -0.314 e. The van der Waals surface area contributed by atoms with Gasteiger partial charge >= 0.3 is 0 Å². The van der Waals surface area contributed by atoms with Crippen molar-refractivity contribution in [2.75, 3.05) is 6.54 Å². The molecule has 2 saturated carbocycles. The summed E-state index contributed by atoms with van der Waals surface area (Å²) in [6.45, 7) is 1.28. The van der Waals surface area contributed by atoms with E-state index in [4.69, 9.17) is 0 Å². The summed E-state index contributed by atoms with van der Waals surface area (Å²) in [5, 5.41) is 3.71. The van der Waals surface area contributed by atoms with Crippen molar-refractivity contribution in [3.05, 3.63) is 0 Å². The molecule has 0 radical (unpaired) electrons. The highest BCUT2D eigenvalue weighted by atomic mass is 14.9. The van der Waals surface area contributed by atoms with Crippen LogP contribution in [0.2, 0.25) is 0 Å². The van der Waals surface area contributed by atoms with Crippen molar-refractivity contribution >= 4 is 0 Å².